The zero-order valence-corrected chi connectivity index (χ0v) is 20.3. The summed E-state index contributed by atoms with van der Waals surface area (Å²) < 4.78 is 33.1. The summed E-state index contributed by atoms with van der Waals surface area (Å²) in [4.78, 5) is 20.0. The lowest BCUT2D eigenvalue weighted by molar-refractivity contribution is 0.0999. The van der Waals surface area contributed by atoms with Gasteiger partial charge in [0.25, 0.3) is 5.91 Å². The number of hydrogen-bond acceptors (Lipinski definition) is 6. The van der Waals surface area contributed by atoms with Gasteiger partial charge in [-0.05, 0) is 48.9 Å². The summed E-state index contributed by atoms with van der Waals surface area (Å²) in [5, 5.41) is 0.503. The van der Waals surface area contributed by atoms with Crippen molar-refractivity contribution in [2.75, 3.05) is 26.1 Å². The molecule has 7 nitrogen and oxygen atoms in total. The fourth-order valence-corrected chi connectivity index (χ4v) is 5.46. The van der Waals surface area contributed by atoms with Crippen LogP contribution < -0.4 is 9.64 Å². The van der Waals surface area contributed by atoms with Crippen molar-refractivity contribution in [1.82, 2.24) is 9.29 Å². The maximum Gasteiger partial charge on any atom is 0.264 e. The second-order valence-electron chi connectivity index (χ2n) is 7.54. The Balaban J connectivity index is 1.90. The summed E-state index contributed by atoms with van der Waals surface area (Å²) in [5.41, 5.74) is 2.56. The van der Waals surface area contributed by atoms with Crippen molar-refractivity contribution < 1.29 is 17.9 Å². The lowest BCUT2D eigenvalue weighted by Crippen LogP contribution is -2.27. The van der Waals surface area contributed by atoms with Gasteiger partial charge in [0.1, 0.15) is 10.6 Å². The molecule has 1 aromatic heterocycles. The van der Waals surface area contributed by atoms with E-state index in [2.05, 4.69) is 4.98 Å². The number of hydrogen-bond donors (Lipinski definition) is 0. The van der Waals surface area contributed by atoms with Gasteiger partial charge in [-0.25, -0.2) is 17.7 Å². The number of rotatable bonds is 6. The standard InChI is InChI=1S/C24H23N3O4S2/c1-16-9-5-7-11-19(16)27(24-25-18-10-6-8-12-21(18)32-24)23(28)17-13-14-20(31-4)22(15-17)33(29,30)26(2)3/h5-15H,1-4H3. The van der Waals surface area contributed by atoms with Gasteiger partial charge < -0.3 is 4.74 Å². The molecule has 3 aromatic carbocycles. The van der Waals surface area contributed by atoms with E-state index in [1.807, 2.05) is 55.5 Å². The van der Waals surface area contributed by atoms with E-state index in [9.17, 15) is 13.2 Å². The van der Waals surface area contributed by atoms with Gasteiger partial charge in [0.05, 0.1) is 23.0 Å². The van der Waals surface area contributed by atoms with Crippen molar-refractivity contribution in [3.05, 3.63) is 77.9 Å². The van der Waals surface area contributed by atoms with Crippen LogP contribution in [0.4, 0.5) is 10.8 Å². The average molecular weight is 482 g/mol. The quantitative estimate of drug-likeness (QED) is 0.394. The Morgan fingerprint density at radius 1 is 1.00 bits per heavy atom. The molecule has 0 aliphatic carbocycles. The van der Waals surface area contributed by atoms with Crippen LogP contribution in [0.1, 0.15) is 15.9 Å². The minimum Gasteiger partial charge on any atom is -0.495 e. The van der Waals surface area contributed by atoms with Crippen LogP contribution in [0.3, 0.4) is 0 Å². The number of anilines is 2. The van der Waals surface area contributed by atoms with Crippen LogP contribution in [-0.2, 0) is 10.0 Å². The van der Waals surface area contributed by atoms with Crippen LogP contribution >= 0.6 is 11.3 Å². The first kappa shape index (κ1) is 22.9. The third kappa shape index (κ3) is 4.22. The molecule has 33 heavy (non-hydrogen) atoms. The zero-order chi connectivity index (χ0) is 23.8. The van der Waals surface area contributed by atoms with Gasteiger partial charge in [-0.3, -0.25) is 9.69 Å². The maximum atomic E-state index is 13.9. The largest absolute Gasteiger partial charge is 0.495 e. The number of ether oxygens (including phenoxy) is 1. The first-order valence-electron chi connectivity index (χ1n) is 10.1. The number of carbonyl (C=O) groups is 1. The Labute approximate surface area is 196 Å². The molecule has 0 aliphatic heterocycles. The molecule has 0 radical (unpaired) electrons. The first-order valence-corrected chi connectivity index (χ1v) is 12.4. The van der Waals surface area contributed by atoms with Gasteiger partial charge in [0.2, 0.25) is 10.0 Å². The number of carbonyl (C=O) groups excluding carboxylic acids is 1. The topological polar surface area (TPSA) is 79.8 Å². The molecular weight excluding hydrogens is 458 g/mol. The lowest BCUT2D eigenvalue weighted by Gasteiger charge is -2.23. The van der Waals surface area contributed by atoms with Crippen LogP contribution in [0.25, 0.3) is 10.2 Å². The predicted molar refractivity (Wildman–Crippen MR) is 131 cm³/mol. The van der Waals surface area contributed by atoms with Gasteiger partial charge >= 0.3 is 0 Å². The molecule has 4 rings (SSSR count). The summed E-state index contributed by atoms with van der Waals surface area (Å²) in [7, 11) is 0.429. The summed E-state index contributed by atoms with van der Waals surface area (Å²) >= 11 is 1.40. The highest BCUT2D eigenvalue weighted by molar-refractivity contribution is 7.89. The van der Waals surface area contributed by atoms with Crippen LogP contribution in [0, 0.1) is 6.92 Å². The van der Waals surface area contributed by atoms with Crippen LogP contribution in [0.2, 0.25) is 0 Å². The van der Waals surface area contributed by atoms with Crippen molar-refractivity contribution >= 4 is 48.3 Å². The molecule has 0 spiro atoms. The number of methoxy groups -OCH3 is 1. The summed E-state index contributed by atoms with van der Waals surface area (Å²) in [6.07, 6.45) is 0. The SMILES string of the molecule is COc1ccc(C(=O)N(c2nc3ccccc3s2)c2ccccc2C)cc1S(=O)(=O)N(C)C. The zero-order valence-electron chi connectivity index (χ0n) is 18.6. The predicted octanol–water partition coefficient (Wildman–Crippen LogP) is 4.84. The summed E-state index contributed by atoms with van der Waals surface area (Å²) in [5.74, 6) is -0.219. The number of thiazole rings is 1. The number of nitrogens with zero attached hydrogens (tertiary/aromatic N) is 3. The van der Waals surface area contributed by atoms with Crippen molar-refractivity contribution in [3.8, 4) is 5.75 Å². The van der Waals surface area contributed by atoms with E-state index in [-0.39, 0.29) is 22.1 Å². The van der Waals surface area contributed by atoms with Gasteiger partial charge in [-0.1, -0.05) is 41.7 Å². The number of aromatic nitrogens is 1. The fourth-order valence-electron chi connectivity index (χ4n) is 3.41. The summed E-state index contributed by atoms with van der Waals surface area (Å²) in [6, 6.07) is 19.6. The van der Waals surface area contributed by atoms with E-state index in [0.29, 0.717) is 10.8 Å². The van der Waals surface area contributed by atoms with Gasteiger partial charge in [-0.15, -0.1) is 0 Å². The Hall–Kier alpha value is -3.27. The Bertz CT molecular complexity index is 1410. The number of aryl methyl sites for hydroxylation is 1. The molecule has 4 aromatic rings. The highest BCUT2D eigenvalue weighted by Gasteiger charge is 2.28. The smallest absolute Gasteiger partial charge is 0.264 e. The highest BCUT2D eigenvalue weighted by atomic mass is 32.2. The van der Waals surface area contributed by atoms with Gasteiger partial charge in [-0.2, -0.15) is 0 Å². The summed E-state index contributed by atoms with van der Waals surface area (Å²) in [6.45, 7) is 1.92. The van der Waals surface area contributed by atoms with Crippen LogP contribution in [-0.4, -0.2) is 44.8 Å². The first-order chi connectivity index (χ1) is 15.7. The van der Waals surface area contributed by atoms with E-state index in [1.165, 1.54) is 49.6 Å². The number of benzene rings is 3. The molecule has 170 valence electrons. The minimum absolute atomic E-state index is 0.0742. The number of para-hydroxylation sites is 2. The van der Waals surface area contributed by atoms with Gasteiger partial charge in [0.15, 0.2) is 5.13 Å². The number of amides is 1. The molecule has 0 saturated heterocycles. The third-order valence-corrected chi connectivity index (χ3v) is 8.06. The van der Waals surface area contributed by atoms with Crippen molar-refractivity contribution in [3.63, 3.8) is 0 Å². The third-order valence-electron chi connectivity index (χ3n) is 5.20. The van der Waals surface area contributed by atoms with Crippen molar-refractivity contribution in [2.24, 2.45) is 0 Å². The van der Waals surface area contributed by atoms with E-state index in [4.69, 9.17) is 4.74 Å². The molecule has 0 unspecified atom stereocenters. The maximum absolute atomic E-state index is 13.9. The molecule has 0 bridgehead atoms. The average Bonchev–Trinajstić information content (AvgIpc) is 3.23. The van der Waals surface area contributed by atoms with E-state index in [0.717, 1.165) is 20.1 Å². The van der Waals surface area contributed by atoms with Crippen molar-refractivity contribution in [1.29, 1.82) is 0 Å². The Morgan fingerprint density at radius 2 is 1.70 bits per heavy atom. The molecule has 0 saturated carbocycles. The monoisotopic (exact) mass is 481 g/mol. The molecular formula is C24H23N3O4S2. The van der Waals surface area contributed by atoms with Crippen LogP contribution in [0.5, 0.6) is 5.75 Å². The molecule has 0 fully saturated rings. The number of fused-ring (bicyclic) bond motifs is 1. The van der Waals surface area contributed by atoms with E-state index in [1.54, 1.807) is 6.07 Å². The fraction of sp³-hybridized carbons (Fsp3) is 0.167. The second kappa shape index (κ2) is 8.93. The van der Waals surface area contributed by atoms with Gasteiger partial charge in [0, 0.05) is 19.7 Å². The molecule has 9 heteroatoms. The van der Waals surface area contributed by atoms with E-state index < -0.39 is 10.0 Å². The molecule has 0 atom stereocenters. The van der Waals surface area contributed by atoms with Crippen molar-refractivity contribution in [2.45, 2.75) is 11.8 Å². The van der Waals surface area contributed by atoms with E-state index >= 15 is 0 Å². The highest BCUT2D eigenvalue weighted by Crippen LogP contribution is 2.37. The Kier molecular flexibility index (Phi) is 6.20. The molecule has 1 amide bonds. The molecule has 0 N–H and O–H groups in total. The second-order valence-corrected chi connectivity index (χ2v) is 10.7. The minimum atomic E-state index is -3.83. The Morgan fingerprint density at radius 3 is 2.36 bits per heavy atom. The normalized spacial score (nSPS) is 11.7. The lowest BCUT2D eigenvalue weighted by atomic mass is 10.1. The molecule has 1 heterocycles. The van der Waals surface area contributed by atoms with Crippen LogP contribution in [0.15, 0.2) is 71.6 Å². The number of sulfonamides is 1. The molecule has 0 aliphatic rings.